The molecule has 0 aromatic heterocycles. The molecule has 0 aliphatic rings. The summed E-state index contributed by atoms with van der Waals surface area (Å²) in [5.74, 6) is 0.0831. The molecule has 0 amide bonds. The fourth-order valence-electron chi connectivity index (χ4n) is 2.30. The number of nitrogens with one attached hydrogen (secondary N) is 3. The molecule has 2 aromatic carbocycles. The van der Waals surface area contributed by atoms with E-state index in [-0.39, 0.29) is 5.84 Å². The largest absolute Gasteiger partial charge is 0.391 e. The zero-order valence-electron chi connectivity index (χ0n) is 16.5. The molecule has 2 aromatic rings. The number of aryl methyl sites for hydroxylation is 2. The van der Waals surface area contributed by atoms with E-state index < -0.39 is 0 Å². The number of anilines is 1. The predicted octanol–water partition coefficient (Wildman–Crippen LogP) is 4.97. The highest BCUT2D eigenvalue weighted by atomic mass is 14.9. The van der Waals surface area contributed by atoms with Crippen molar-refractivity contribution in [1.82, 2.24) is 5.32 Å². The van der Waals surface area contributed by atoms with Crippen LogP contribution in [0.2, 0.25) is 0 Å². The number of nitrogen functional groups attached to an aromatic ring is 1. The molecule has 0 bridgehead atoms. The maximum absolute atomic E-state index is 7.36. The van der Waals surface area contributed by atoms with Crippen molar-refractivity contribution in [2.24, 2.45) is 5.73 Å². The Morgan fingerprint density at radius 1 is 1.11 bits per heavy atom. The molecule has 4 nitrogen and oxygen atoms in total. The van der Waals surface area contributed by atoms with Crippen LogP contribution < -0.4 is 16.4 Å². The highest BCUT2D eigenvalue weighted by Gasteiger charge is 2.00. The van der Waals surface area contributed by atoms with Crippen LogP contribution in [0.25, 0.3) is 0 Å². The molecule has 0 heterocycles. The van der Waals surface area contributed by atoms with E-state index in [9.17, 15) is 0 Å². The van der Waals surface area contributed by atoms with Gasteiger partial charge >= 0.3 is 0 Å². The van der Waals surface area contributed by atoms with Crippen molar-refractivity contribution in [3.05, 3.63) is 90.3 Å². The number of nitrogens with two attached hydrogens (primary N) is 1. The van der Waals surface area contributed by atoms with Crippen LogP contribution in [0.1, 0.15) is 36.5 Å². The smallest absolute Gasteiger partial charge is 0.122 e. The van der Waals surface area contributed by atoms with Crippen LogP contribution in [0.15, 0.2) is 73.6 Å². The first-order chi connectivity index (χ1) is 13.0. The molecule has 0 saturated carbocycles. The van der Waals surface area contributed by atoms with Gasteiger partial charge in [0.1, 0.15) is 5.84 Å². The molecule has 0 unspecified atom stereocenters. The second kappa shape index (κ2) is 12.4. The van der Waals surface area contributed by atoms with Crippen molar-refractivity contribution in [1.29, 1.82) is 5.41 Å². The van der Waals surface area contributed by atoms with Gasteiger partial charge in [-0.05, 0) is 62.2 Å². The fourth-order valence-corrected chi connectivity index (χ4v) is 2.30. The van der Waals surface area contributed by atoms with Gasteiger partial charge in [0.2, 0.25) is 0 Å². The lowest BCUT2D eigenvalue weighted by Crippen LogP contribution is -2.10. The number of amidine groups is 1. The van der Waals surface area contributed by atoms with Gasteiger partial charge in [-0.3, -0.25) is 5.41 Å². The van der Waals surface area contributed by atoms with E-state index in [0.29, 0.717) is 0 Å². The normalized spacial score (nSPS) is 9.56. The van der Waals surface area contributed by atoms with Crippen LogP contribution in [0.5, 0.6) is 0 Å². The van der Waals surface area contributed by atoms with E-state index >= 15 is 0 Å². The number of rotatable bonds is 9. The van der Waals surface area contributed by atoms with Gasteiger partial charge in [-0.2, -0.15) is 0 Å². The summed E-state index contributed by atoms with van der Waals surface area (Å²) < 4.78 is 0. The number of hydrogen-bond donors (Lipinski definition) is 4. The van der Waals surface area contributed by atoms with Crippen LogP contribution in [0.4, 0.5) is 5.69 Å². The van der Waals surface area contributed by atoms with E-state index in [2.05, 4.69) is 61.9 Å². The summed E-state index contributed by atoms with van der Waals surface area (Å²) in [6.07, 6.45) is 4.74. The molecule has 0 aliphatic carbocycles. The summed E-state index contributed by atoms with van der Waals surface area (Å²) in [4.78, 5) is 0. The maximum atomic E-state index is 7.36. The minimum absolute atomic E-state index is 0.0831. The zero-order chi connectivity index (χ0) is 20.1. The summed E-state index contributed by atoms with van der Waals surface area (Å²) in [6.45, 7) is 12.8. The Labute approximate surface area is 163 Å². The predicted molar refractivity (Wildman–Crippen MR) is 118 cm³/mol. The standard InChI is InChI=1S/C18H21N3.C5H11N/c1-13-3-6-15(7-4-13)8-5-14(2)21-17-11-9-16(10-12-17)18(19)20;1-3-5-6-4-2/h3-4,6-7,9-12,21H,2,5,8H2,1H3,(H3,19,20);4,6H,2-3,5H2,1H3. The summed E-state index contributed by atoms with van der Waals surface area (Å²) in [7, 11) is 0. The van der Waals surface area contributed by atoms with Gasteiger partial charge in [-0.1, -0.05) is 49.9 Å². The minimum atomic E-state index is 0.0831. The third kappa shape index (κ3) is 9.31. The number of allylic oxidation sites excluding steroid dienone is 1. The van der Waals surface area contributed by atoms with Gasteiger partial charge in [0.15, 0.2) is 0 Å². The van der Waals surface area contributed by atoms with Crippen LogP contribution in [0.3, 0.4) is 0 Å². The van der Waals surface area contributed by atoms with Crippen molar-refractivity contribution < 1.29 is 0 Å². The summed E-state index contributed by atoms with van der Waals surface area (Å²) >= 11 is 0. The topological polar surface area (TPSA) is 73.9 Å². The Morgan fingerprint density at radius 3 is 2.22 bits per heavy atom. The lowest BCUT2D eigenvalue weighted by Gasteiger charge is -2.10. The third-order valence-corrected chi connectivity index (χ3v) is 3.89. The molecule has 0 aliphatic heterocycles. The van der Waals surface area contributed by atoms with Gasteiger partial charge in [0.05, 0.1) is 0 Å². The first-order valence-corrected chi connectivity index (χ1v) is 9.25. The van der Waals surface area contributed by atoms with Gasteiger partial charge < -0.3 is 16.4 Å². The van der Waals surface area contributed by atoms with Crippen LogP contribution >= 0.6 is 0 Å². The molecule has 0 fully saturated rings. The molecule has 0 radical (unpaired) electrons. The molecule has 144 valence electrons. The Kier molecular flexibility index (Phi) is 10.1. The second-order valence-electron chi connectivity index (χ2n) is 6.36. The first kappa shape index (κ1) is 22.0. The van der Waals surface area contributed by atoms with Crippen molar-refractivity contribution >= 4 is 11.5 Å². The Balaban J connectivity index is 0.000000527. The van der Waals surface area contributed by atoms with Crippen molar-refractivity contribution in [3.63, 3.8) is 0 Å². The monoisotopic (exact) mass is 364 g/mol. The fraction of sp³-hybridized carbons (Fsp3) is 0.261. The molecule has 5 N–H and O–H groups in total. The van der Waals surface area contributed by atoms with E-state index in [0.717, 1.165) is 36.3 Å². The zero-order valence-corrected chi connectivity index (χ0v) is 16.5. The quantitative estimate of drug-likeness (QED) is 0.288. The average Bonchev–Trinajstić information content (AvgIpc) is 2.67. The molecule has 2 rings (SSSR count). The SMILES string of the molecule is C=C(CCc1ccc(C)cc1)Nc1ccc(C(=N)N)cc1.C=CNCCC. The van der Waals surface area contributed by atoms with Gasteiger partial charge in [-0.15, -0.1) is 0 Å². The number of hydrogen-bond acceptors (Lipinski definition) is 3. The van der Waals surface area contributed by atoms with Crippen LogP contribution in [-0.4, -0.2) is 12.4 Å². The Bertz CT molecular complexity index is 715. The Morgan fingerprint density at radius 2 is 1.74 bits per heavy atom. The van der Waals surface area contributed by atoms with Gasteiger partial charge in [0.25, 0.3) is 0 Å². The van der Waals surface area contributed by atoms with E-state index in [1.54, 1.807) is 6.20 Å². The van der Waals surface area contributed by atoms with E-state index in [1.165, 1.54) is 17.5 Å². The molecule has 0 spiro atoms. The van der Waals surface area contributed by atoms with Gasteiger partial charge in [0, 0.05) is 23.5 Å². The van der Waals surface area contributed by atoms with Crippen molar-refractivity contribution in [3.8, 4) is 0 Å². The Hall–Kier alpha value is -3.01. The summed E-state index contributed by atoms with van der Waals surface area (Å²) in [6, 6.07) is 16.1. The molecular weight excluding hydrogens is 332 g/mol. The maximum Gasteiger partial charge on any atom is 0.122 e. The van der Waals surface area contributed by atoms with E-state index in [1.807, 2.05) is 24.3 Å². The molecular formula is C23H32N4. The molecule has 27 heavy (non-hydrogen) atoms. The lowest BCUT2D eigenvalue weighted by atomic mass is 10.1. The van der Waals surface area contributed by atoms with Crippen LogP contribution in [0, 0.1) is 12.3 Å². The van der Waals surface area contributed by atoms with Crippen molar-refractivity contribution in [2.45, 2.75) is 33.1 Å². The minimum Gasteiger partial charge on any atom is -0.391 e. The van der Waals surface area contributed by atoms with Gasteiger partial charge in [-0.25, -0.2) is 0 Å². The molecule has 0 atom stereocenters. The van der Waals surface area contributed by atoms with E-state index in [4.69, 9.17) is 11.1 Å². The highest BCUT2D eigenvalue weighted by Crippen LogP contribution is 2.14. The average molecular weight is 365 g/mol. The second-order valence-corrected chi connectivity index (χ2v) is 6.36. The number of benzene rings is 2. The summed E-state index contributed by atoms with van der Waals surface area (Å²) in [5.41, 5.74) is 10.7. The first-order valence-electron chi connectivity index (χ1n) is 9.25. The molecule has 0 saturated heterocycles. The lowest BCUT2D eigenvalue weighted by molar-refractivity contribution is 0.811. The third-order valence-electron chi connectivity index (χ3n) is 3.89. The summed E-state index contributed by atoms with van der Waals surface area (Å²) in [5, 5.41) is 13.6. The van der Waals surface area contributed by atoms with Crippen molar-refractivity contribution in [2.75, 3.05) is 11.9 Å². The van der Waals surface area contributed by atoms with Crippen LogP contribution in [-0.2, 0) is 6.42 Å². The highest BCUT2D eigenvalue weighted by molar-refractivity contribution is 5.95. The molecule has 4 heteroatoms.